The molecule has 2 atom stereocenters. The standard InChI is InChI=1S/C13H21NO5/c1-12(2,3)19-11(17)14-6-4-13(5-7-18-13)9(8-14)10(15)16/h9H,4-8H2,1-3H3,(H,15,16). The summed E-state index contributed by atoms with van der Waals surface area (Å²) in [5.74, 6) is -1.57. The van der Waals surface area contributed by atoms with E-state index < -0.39 is 29.2 Å². The number of carbonyl (C=O) groups is 2. The predicted molar refractivity (Wildman–Crippen MR) is 66.8 cm³/mol. The van der Waals surface area contributed by atoms with Crippen molar-refractivity contribution < 1.29 is 24.2 Å². The summed E-state index contributed by atoms with van der Waals surface area (Å²) in [6.45, 7) is 6.62. The van der Waals surface area contributed by atoms with Gasteiger partial charge in [0.25, 0.3) is 0 Å². The van der Waals surface area contributed by atoms with Crippen LogP contribution in [-0.4, -0.2) is 53.0 Å². The average molecular weight is 271 g/mol. The molecule has 19 heavy (non-hydrogen) atoms. The number of ether oxygens (including phenoxy) is 2. The minimum Gasteiger partial charge on any atom is -0.481 e. The first-order valence-corrected chi connectivity index (χ1v) is 6.58. The van der Waals surface area contributed by atoms with Crippen LogP contribution in [0, 0.1) is 5.92 Å². The summed E-state index contributed by atoms with van der Waals surface area (Å²) in [5.41, 5.74) is -1.14. The fourth-order valence-corrected chi connectivity index (χ4v) is 2.61. The van der Waals surface area contributed by atoms with E-state index in [9.17, 15) is 14.7 Å². The molecule has 6 nitrogen and oxygen atoms in total. The molecule has 2 aliphatic heterocycles. The highest BCUT2D eigenvalue weighted by atomic mass is 16.6. The van der Waals surface area contributed by atoms with Crippen molar-refractivity contribution in [3.05, 3.63) is 0 Å². The van der Waals surface area contributed by atoms with E-state index in [0.29, 0.717) is 19.6 Å². The summed E-state index contributed by atoms with van der Waals surface area (Å²) >= 11 is 0. The topological polar surface area (TPSA) is 76.1 Å². The Kier molecular flexibility index (Phi) is 3.47. The van der Waals surface area contributed by atoms with E-state index >= 15 is 0 Å². The van der Waals surface area contributed by atoms with Crippen molar-refractivity contribution in [2.75, 3.05) is 19.7 Å². The van der Waals surface area contributed by atoms with Gasteiger partial charge in [0.15, 0.2) is 0 Å². The molecule has 2 heterocycles. The highest BCUT2D eigenvalue weighted by Crippen LogP contribution is 2.41. The van der Waals surface area contributed by atoms with Gasteiger partial charge < -0.3 is 19.5 Å². The van der Waals surface area contributed by atoms with Crippen molar-refractivity contribution in [3.8, 4) is 0 Å². The Labute approximate surface area is 112 Å². The first-order valence-electron chi connectivity index (χ1n) is 6.58. The van der Waals surface area contributed by atoms with Crippen LogP contribution in [0.25, 0.3) is 0 Å². The van der Waals surface area contributed by atoms with Crippen LogP contribution in [0.4, 0.5) is 4.79 Å². The van der Waals surface area contributed by atoms with Gasteiger partial charge >= 0.3 is 12.1 Å². The molecule has 2 saturated heterocycles. The maximum Gasteiger partial charge on any atom is 0.410 e. The summed E-state index contributed by atoms with van der Waals surface area (Å²) < 4.78 is 10.8. The average Bonchev–Trinajstić information content (AvgIpc) is 2.23. The van der Waals surface area contributed by atoms with Crippen LogP contribution in [0.2, 0.25) is 0 Å². The molecule has 0 bridgehead atoms. The minimum absolute atomic E-state index is 0.157. The van der Waals surface area contributed by atoms with Crippen molar-refractivity contribution >= 4 is 12.1 Å². The molecule has 0 aromatic rings. The first-order chi connectivity index (χ1) is 8.73. The van der Waals surface area contributed by atoms with Crippen molar-refractivity contribution in [2.45, 2.75) is 44.8 Å². The number of carbonyl (C=O) groups excluding carboxylic acids is 1. The van der Waals surface area contributed by atoms with Crippen LogP contribution >= 0.6 is 0 Å². The second kappa shape index (κ2) is 4.67. The van der Waals surface area contributed by atoms with Gasteiger partial charge in [0, 0.05) is 19.5 Å². The van der Waals surface area contributed by atoms with Crippen LogP contribution in [0.15, 0.2) is 0 Å². The molecule has 1 spiro atoms. The smallest absolute Gasteiger partial charge is 0.410 e. The SMILES string of the molecule is CC(C)(C)OC(=O)N1CCC2(CCO2)C(C(=O)O)C1. The zero-order chi connectivity index (χ0) is 14.3. The fourth-order valence-electron chi connectivity index (χ4n) is 2.61. The third-order valence-electron chi connectivity index (χ3n) is 3.71. The molecule has 2 fully saturated rings. The Morgan fingerprint density at radius 1 is 1.37 bits per heavy atom. The van der Waals surface area contributed by atoms with Crippen LogP contribution in [0.1, 0.15) is 33.6 Å². The fraction of sp³-hybridized carbons (Fsp3) is 0.846. The van der Waals surface area contributed by atoms with Crippen molar-refractivity contribution in [1.29, 1.82) is 0 Å². The van der Waals surface area contributed by atoms with Crippen molar-refractivity contribution in [1.82, 2.24) is 4.90 Å². The molecule has 6 heteroatoms. The van der Waals surface area contributed by atoms with E-state index in [0.717, 1.165) is 6.42 Å². The summed E-state index contributed by atoms with van der Waals surface area (Å²) in [4.78, 5) is 24.8. The van der Waals surface area contributed by atoms with E-state index in [1.54, 1.807) is 20.8 Å². The quantitative estimate of drug-likeness (QED) is 0.782. The summed E-state index contributed by atoms with van der Waals surface area (Å²) in [5, 5.41) is 9.31. The number of hydrogen-bond donors (Lipinski definition) is 1. The van der Waals surface area contributed by atoms with E-state index in [-0.39, 0.29) is 6.54 Å². The lowest BCUT2D eigenvalue weighted by Crippen LogP contribution is -2.62. The summed E-state index contributed by atoms with van der Waals surface area (Å²) in [6, 6.07) is 0. The van der Waals surface area contributed by atoms with Gasteiger partial charge in [-0.05, 0) is 27.2 Å². The second-order valence-corrected chi connectivity index (χ2v) is 6.23. The number of carboxylic acids is 1. The molecule has 0 saturated carbocycles. The van der Waals surface area contributed by atoms with E-state index in [4.69, 9.17) is 9.47 Å². The van der Waals surface area contributed by atoms with Gasteiger partial charge in [-0.1, -0.05) is 0 Å². The Hall–Kier alpha value is -1.30. The number of amides is 1. The zero-order valence-corrected chi connectivity index (χ0v) is 11.6. The first kappa shape index (κ1) is 14.1. The number of nitrogens with zero attached hydrogens (tertiary/aromatic N) is 1. The maximum atomic E-state index is 12.0. The molecule has 0 aromatic heterocycles. The monoisotopic (exact) mass is 271 g/mol. The normalized spacial score (nSPS) is 30.9. The predicted octanol–water partition coefficient (Wildman–Crippen LogP) is 1.49. The highest BCUT2D eigenvalue weighted by molar-refractivity contribution is 5.75. The molecule has 108 valence electrons. The maximum absolute atomic E-state index is 12.0. The molecule has 2 aliphatic rings. The lowest BCUT2D eigenvalue weighted by atomic mass is 9.75. The molecule has 1 N–H and O–H groups in total. The van der Waals surface area contributed by atoms with Crippen molar-refractivity contribution in [3.63, 3.8) is 0 Å². The Morgan fingerprint density at radius 2 is 2.00 bits per heavy atom. The van der Waals surface area contributed by atoms with Gasteiger partial charge in [0.05, 0.1) is 12.2 Å². The van der Waals surface area contributed by atoms with E-state index in [2.05, 4.69) is 0 Å². The summed E-state index contributed by atoms with van der Waals surface area (Å²) in [6.07, 6.45) is 0.864. The highest BCUT2D eigenvalue weighted by Gasteiger charge is 2.53. The summed E-state index contributed by atoms with van der Waals surface area (Å²) in [7, 11) is 0. The molecular formula is C13H21NO5. The van der Waals surface area contributed by atoms with Gasteiger partial charge in [-0.15, -0.1) is 0 Å². The minimum atomic E-state index is -0.909. The van der Waals surface area contributed by atoms with E-state index in [1.807, 2.05) is 0 Å². The van der Waals surface area contributed by atoms with E-state index in [1.165, 1.54) is 4.90 Å². The van der Waals surface area contributed by atoms with Crippen LogP contribution in [0.3, 0.4) is 0 Å². The lowest BCUT2D eigenvalue weighted by Gasteiger charge is -2.50. The molecule has 0 aliphatic carbocycles. The van der Waals surface area contributed by atoms with Crippen LogP contribution < -0.4 is 0 Å². The molecule has 2 unspecified atom stereocenters. The van der Waals surface area contributed by atoms with Crippen molar-refractivity contribution in [2.24, 2.45) is 5.92 Å². The zero-order valence-electron chi connectivity index (χ0n) is 11.6. The number of carboxylic acid groups (broad SMARTS) is 1. The second-order valence-electron chi connectivity index (χ2n) is 6.23. The molecule has 1 amide bonds. The number of piperidine rings is 1. The number of likely N-dealkylation sites (tertiary alicyclic amines) is 1. The number of hydrogen-bond acceptors (Lipinski definition) is 4. The van der Waals surface area contributed by atoms with Gasteiger partial charge in [-0.25, -0.2) is 4.79 Å². The molecule has 2 rings (SSSR count). The van der Waals surface area contributed by atoms with Crippen LogP contribution in [-0.2, 0) is 14.3 Å². The molecule has 0 aromatic carbocycles. The van der Waals surface area contributed by atoms with Crippen LogP contribution in [0.5, 0.6) is 0 Å². The third kappa shape index (κ3) is 2.83. The largest absolute Gasteiger partial charge is 0.481 e. The van der Waals surface area contributed by atoms with Gasteiger partial charge in [-0.3, -0.25) is 4.79 Å². The molecular weight excluding hydrogens is 250 g/mol. The molecule has 0 radical (unpaired) electrons. The third-order valence-corrected chi connectivity index (χ3v) is 3.71. The Morgan fingerprint density at radius 3 is 2.42 bits per heavy atom. The number of aliphatic carboxylic acids is 1. The van der Waals surface area contributed by atoms with Gasteiger partial charge in [0.1, 0.15) is 11.5 Å². The van der Waals surface area contributed by atoms with Gasteiger partial charge in [0.2, 0.25) is 0 Å². The Bertz CT molecular complexity index is 383. The lowest BCUT2D eigenvalue weighted by molar-refractivity contribution is -0.211. The number of rotatable bonds is 1. The Balaban J connectivity index is 2.03. The van der Waals surface area contributed by atoms with Gasteiger partial charge in [-0.2, -0.15) is 0 Å².